The van der Waals surface area contributed by atoms with E-state index in [1.165, 1.54) is 43.2 Å². The van der Waals surface area contributed by atoms with Crippen molar-refractivity contribution in [3.05, 3.63) is 65.7 Å². The normalized spacial score (nSPS) is 21.4. The van der Waals surface area contributed by atoms with Crippen molar-refractivity contribution >= 4 is 11.6 Å². The Kier molecular flexibility index (Phi) is 6.86. The zero-order valence-electron chi connectivity index (χ0n) is 18.1. The van der Waals surface area contributed by atoms with E-state index < -0.39 is 0 Å². The Morgan fingerprint density at radius 2 is 1.80 bits per heavy atom. The van der Waals surface area contributed by atoms with E-state index in [-0.39, 0.29) is 5.91 Å². The molecule has 0 aliphatic carbocycles. The molecule has 2 fully saturated rings. The predicted molar refractivity (Wildman–Crippen MR) is 121 cm³/mol. The number of rotatable bonds is 7. The van der Waals surface area contributed by atoms with E-state index in [1.807, 2.05) is 12.1 Å². The van der Waals surface area contributed by atoms with Crippen LogP contribution in [0.5, 0.6) is 0 Å². The van der Waals surface area contributed by atoms with Gasteiger partial charge in [-0.05, 0) is 80.3 Å². The molecule has 2 aliphatic heterocycles. The number of nitrogens with one attached hydrogen (secondary N) is 1. The van der Waals surface area contributed by atoms with Crippen LogP contribution in [0.2, 0.25) is 0 Å². The van der Waals surface area contributed by atoms with Crippen molar-refractivity contribution in [2.75, 3.05) is 25.0 Å². The van der Waals surface area contributed by atoms with Crippen LogP contribution in [0.4, 0.5) is 5.69 Å². The Hall–Kier alpha value is -2.17. The first-order valence-corrected chi connectivity index (χ1v) is 11.4. The van der Waals surface area contributed by atoms with Gasteiger partial charge in [0.25, 0.3) is 0 Å². The SMILES string of the molecule is CC(=O)Nc1ccc(CN2CCC(CCc3ccccc3)(C3CCCO3)CC2)cc1. The van der Waals surface area contributed by atoms with Crippen LogP contribution in [0.3, 0.4) is 0 Å². The fraction of sp³-hybridized carbons (Fsp3) is 0.500. The van der Waals surface area contributed by atoms with Gasteiger partial charge in [-0.3, -0.25) is 9.69 Å². The molecule has 1 unspecified atom stereocenters. The van der Waals surface area contributed by atoms with E-state index in [4.69, 9.17) is 4.74 Å². The maximum absolute atomic E-state index is 11.2. The van der Waals surface area contributed by atoms with Gasteiger partial charge in [0.15, 0.2) is 0 Å². The second kappa shape index (κ2) is 9.76. The molecule has 160 valence electrons. The van der Waals surface area contributed by atoms with E-state index in [0.29, 0.717) is 11.5 Å². The van der Waals surface area contributed by atoms with Gasteiger partial charge in [0.05, 0.1) is 6.10 Å². The summed E-state index contributed by atoms with van der Waals surface area (Å²) in [6, 6.07) is 19.1. The number of anilines is 1. The molecular weight excluding hydrogens is 372 g/mol. The largest absolute Gasteiger partial charge is 0.378 e. The molecular formula is C26H34N2O2. The number of aryl methyl sites for hydroxylation is 1. The van der Waals surface area contributed by atoms with Crippen molar-refractivity contribution in [3.8, 4) is 0 Å². The van der Waals surface area contributed by atoms with Crippen molar-refractivity contribution in [2.45, 2.75) is 58.1 Å². The van der Waals surface area contributed by atoms with Gasteiger partial charge in [-0.25, -0.2) is 0 Å². The maximum atomic E-state index is 11.2. The molecule has 2 heterocycles. The van der Waals surface area contributed by atoms with Gasteiger partial charge in [0.1, 0.15) is 0 Å². The highest BCUT2D eigenvalue weighted by Crippen LogP contribution is 2.44. The molecule has 4 nitrogen and oxygen atoms in total. The molecule has 0 aromatic heterocycles. The van der Waals surface area contributed by atoms with Crippen LogP contribution >= 0.6 is 0 Å². The minimum Gasteiger partial charge on any atom is -0.378 e. The Bertz CT molecular complexity index is 805. The number of nitrogens with zero attached hydrogens (tertiary/aromatic N) is 1. The van der Waals surface area contributed by atoms with Gasteiger partial charge in [-0.2, -0.15) is 0 Å². The summed E-state index contributed by atoms with van der Waals surface area (Å²) < 4.78 is 6.23. The summed E-state index contributed by atoms with van der Waals surface area (Å²) in [4.78, 5) is 13.8. The van der Waals surface area contributed by atoms with E-state index >= 15 is 0 Å². The first kappa shape index (κ1) is 21.1. The average molecular weight is 407 g/mol. The first-order chi connectivity index (χ1) is 14.6. The zero-order chi connectivity index (χ0) is 20.8. The molecule has 1 amide bonds. The van der Waals surface area contributed by atoms with Crippen molar-refractivity contribution in [1.29, 1.82) is 0 Å². The van der Waals surface area contributed by atoms with Gasteiger partial charge in [0, 0.05) is 25.8 Å². The predicted octanol–water partition coefficient (Wildman–Crippen LogP) is 5.04. The van der Waals surface area contributed by atoms with Crippen molar-refractivity contribution in [2.24, 2.45) is 5.41 Å². The van der Waals surface area contributed by atoms with E-state index in [0.717, 1.165) is 38.3 Å². The molecule has 0 spiro atoms. The molecule has 0 radical (unpaired) electrons. The van der Waals surface area contributed by atoms with Crippen LogP contribution in [0.15, 0.2) is 54.6 Å². The third-order valence-corrected chi connectivity index (χ3v) is 6.90. The lowest BCUT2D eigenvalue weighted by Gasteiger charge is -2.45. The summed E-state index contributed by atoms with van der Waals surface area (Å²) in [5.74, 6) is -0.0280. The third-order valence-electron chi connectivity index (χ3n) is 6.90. The number of carbonyl (C=O) groups excluding carboxylic acids is 1. The van der Waals surface area contributed by atoms with Crippen LogP contribution in [-0.4, -0.2) is 36.6 Å². The van der Waals surface area contributed by atoms with Crippen molar-refractivity contribution in [3.63, 3.8) is 0 Å². The lowest BCUT2D eigenvalue weighted by atomic mass is 9.69. The Balaban J connectivity index is 1.36. The number of hydrogen-bond acceptors (Lipinski definition) is 3. The molecule has 2 aromatic carbocycles. The van der Waals surface area contributed by atoms with Crippen LogP contribution in [0.1, 0.15) is 50.2 Å². The molecule has 2 saturated heterocycles. The first-order valence-electron chi connectivity index (χ1n) is 11.4. The fourth-order valence-corrected chi connectivity index (χ4v) is 5.14. The molecule has 1 N–H and O–H groups in total. The smallest absolute Gasteiger partial charge is 0.221 e. The molecule has 2 aliphatic rings. The Morgan fingerprint density at radius 1 is 1.07 bits per heavy atom. The van der Waals surface area contributed by atoms with E-state index in [2.05, 4.69) is 52.7 Å². The highest BCUT2D eigenvalue weighted by molar-refractivity contribution is 5.88. The number of ether oxygens (including phenoxy) is 1. The van der Waals surface area contributed by atoms with Gasteiger partial charge < -0.3 is 10.1 Å². The van der Waals surface area contributed by atoms with Crippen LogP contribution in [0.25, 0.3) is 0 Å². The second-order valence-corrected chi connectivity index (χ2v) is 9.00. The minimum absolute atomic E-state index is 0.0280. The maximum Gasteiger partial charge on any atom is 0.221 e. The van der Waals surface area contributed by atoms with Gasteiger partial charge >= 0.3 is 0 Å². The molecule has 0 bridgehead atoms. The van der Waals surface area contributed by atoms with Gasteiger partial charge in [-0.1, -0.05) is 42.5 Å². The molecule has 1 atom stereocenters. The lowest BCUT2D eigenvalue weighted by molar-refractivity contribution is -0.114. The number of amides is 1. The Labute approximate surface area is 180 Å². The number of carbonyl (C=O) groups is 1. The zero-order valence-corrected chi connectivity index (χ0v) is 18.1. The summed E-state index contributed by atoms with van der Waals surface area (Å²) in [6.45, 7) is 5.70. The summed E-state index contributed by atoms with van der Waals surface area (Å²) >= 11 is 0. The molecule has 4 heteroatoms. The number of hydrogen-bond donors (Lipinski definition) is 1. The molecule has 2 aromatic rings. The highest BCUT2D eigenvalue weighted by atomic mass is 16.5. The topological polar surface area (TPSA) is 41.6 Å². The highest BCUT2D eigenvalue weighted by Gasteiger charge is 2.43. The second-order valence-electron chi connectivity index (χ2n) is 9.00. The van der Waals surface area contributed by atoms with Crippen LogP contribution in [-0.2, 0) is 22.5 Å². The van der Waals surface area contributed by atoms with Gasteiger partial charge in [0.2, 0.25) is 5.91 Å². The van der Waals surface area contributed by atoms with E-state index in [1.54, 1.807) is 6.92 Å². The number of benzene rings is 2. The number of piperidine rings is 1. The van der Waals surface area contributed by atoms with Crippen molar-refractivity contribution in [1.82, 2.24) is 4.90 Å². The van der Waals surface area contributed by atoms with E-state index in [9.17, 15) is 4.79 Å². The third kappa shape index (κ3) is 5.30. The van der Waals surface area contributed by atoms with Gasteiger partial charge in [-0.15, -0.1) is 0 Å². The number of likely N-dealkylation sites (tertiary alicyclic amines) is 1. The van der Waals surface area contributed by atoms with Crippen LogP contribution < -0.4 is 5.32 Å². The summed E-state index contributed by atoms with van der Waals surface area (Å²) in [7, 11) is 0. The minimum atomic E-state index is -0.0280. The summed E-state index contributed by atoms with van der Waals surface area (Å²) in [5.41, 5.74) is 3.93. The lowest BCUT2D eigenvalue weighted by Crippen LogP contribution is -2.46. The average Bonchev–Trinajstić information content (AvgIpc) is 3.31. The van der Waals surface area contributed by atoms with Crippen molar-refractivity contribution < 1.29 is 9.53 Å². The monoisotopic (exact) mass is 406 g/mol. The molecule has 0 saturated carbocycles. The molecule has 4 rings (SSSR count). The Morgan fingerprint density at radius 3 is 2.43 bits per heavy atom. The molecule has 30 heavy (non-hydrogen) atoms. The summed E-state index contributed by atoms with van der Waals surface area (Å²) in [6.07, 6.45) is 7.66. The van der Waals surface area contributed by atoms with Crippen LogP contribution in [0, 0.1) is 5.41 Å². The standard InChI is InChI=1S/C26H34N2O2/c1-21(29)27-24-11-9-23(10-12-24)20-28-17-15-26(16-18-28,25-8-5-19-30-25)14-13-22-6-3-2-4-7-22/h2-4,6-7,9-12,25H,5,8,13-20H2,1H3,(H,27,29). The summed E-state index contributed by atoms with van der Waals surface area (Å²) in [5, 5.41) is 2.84. The quantitative estimate of drug-likeness (QED) is 0.700. The fourth-order valence-electron chi connectivity index (χ4n) is 5.14.